The van der Waals surface area contributed by atoms with Crippen molar-refractivity contribution < 1.29 is 35.4 Å². The summed E-state index contributed by atoms with van der Waals surface area (Å²) in [6.07, 6.45) is -3.40. The molecule has 2 amide bonds. The normalized spacial score (nSPS) is 11.6. The van der Waals surface area contributed by atoms with Crippen molar-refractivity contribution in [1.82, 2.24) is 5.43 Å². The first-order chi connectivity index (χ1) is 20.9. The summed E-state index contributed by atoms with van der Waals surface area (Å²) in [6.45, 7) is 1.97. The van der Waals surface area contributed by atoms with Crippen LogP contribution in [0.2, 0.25) is 0 Å². The van der Waals surface area contributed by atoms with Gasteiger partial charge < -0.3 is 14.8 Å². The number of carbonyl (C=O) groups is 2. The zero-order valence-corrected chi connectivity index (χ0v) is 24.1. The van der Waals surface area contributed by atoms with E-state index in [1.165, 1.54) is 31.3 Å². The number of para-hydroxylation sites is 1. The average Bonchev–Trinajstić information content (AvgIpc) is 2.97. The van der Waals surface area contributed by atoms with Gasteiger partial charge in [-0.3, -0.25) is 9.59 Å². The van der Waals surface area contributed by atoms with Crippen LogP contribution in [-0.2, 0) is 38.8 Å². The van der Waals surface area contributed by atoms with E-state index < -0.39 is 32.7 Å². The van der Waals surface area contributed by atoms with Crippen molar-refractivity contribution >= 4 is 39.5 Å². The van der Waals surface area contributed by atoms with Crippen LogP contribution in [-0.4, -0.2) is 26.4 Å². The molecule has 44 heavy (non-hydrogen) atoms. The molecular formula is C31H27F3N4O5S. The molecular weight excluding hydrogens is 597 g/mol. The number of nitrogens with one attached hydrogen (secondary N) is 3. The summed E-state index contributed by atoms with van der Waals surface area (Å²) in [5, 5.41) is 9.89. The highest BCUT2D eigenvalue weighted by molar-refractivity contribution is 7.87. The number of halogens is 3. The second-order valence-electron chi connectivity index (χ2n) is 9.50. The average molecular weight is 625 g/mol. The molecule has 0 aliphatic rings. The highest BCUT2D eigenvalue weighted by Gasteiger charge is 2.31. The van der Waals surface area contributed by atoms with E-state index >= 15 is 0 Å². The number of hydrazone groups is 1. The maximum absolute atomic E-state index is 12.8. The molecule has 0 heterocycles. The highest BCUT2D eigenvalue weighted by Crippen LogP contribution is 2.30. The molecule has 0 aliphatic carbocycles. The SMILES string of the molecule is CC(=O)Nc1ccc(CNc2cccc(CC(=O)NN=Cc3ccccc3OS(=O)(=O)c3ccc(C(F)(F)F)cc3)c2)cc1. The second-order valence-corrected chi connectivity index (χ2v) is 11.0. The number of benzene rings is 4. The number of carbonyl (C=O) groups excluding carboxylic acids is 2. The molecule has 13 heteroatoms. The summed E-state index contributed by atoms with van der Waals surface area (Å²) in [7, 11) is -4.45. The van der Waals surface area contributed by atoms with Crippen molar-refractivity contribution in [3.05, 3.63) is 119 Å². The largest absolute Gasteiger partial charge is 0.416 e. The van der Waals surface area contributed by atoms with Crippen LogP contribution in [0, 0.1) is 0 Å². The topological polar surface area (TPSA) is 126 Å². The molecule has 0 aliphatic heterocycles. The Morgan fingerprint density at radius 3 is 2.25 bits per heavy atom. The number of amides is 2. The predicted octanol–water partition coefficient (Wildman–Crippen LogP) is 5.74. The number of hydrogen-bond acceptors (Lipinski definition) is 7. The van der Waals surface area contributed by atoms with E-state index in [2.05, 4.69) is 21.2 Å². The smallest absolute Gasteiger partial charge is 0.381 e. The minimum atomic E-state index is -4.61. The first kappa shape index (κ1) is 31.8. The molecule has 4 aromatic rings. The Morgan fingerprint density at radius 1 is 0.864 bits per heavy atom. The van der Waals surface area contributed by atoms with Crippen molar-refractivity contribution in [3.8, 4) is 5.75 Å². The molecule has 0 radical (unpaired) electrons. The minimum absolute atomic E-state index is 0.0126. The maximum Gasteiger partial charge on any atom is 0.416 e. The molecule has 0 fully saturated rings. The van der Waals surface area contributed by atoms with Gasteiger partial charge >= 0.3 is 16.3 Å². The van der Waals surface area contributed by atoms with Gasteiger partial charge in [0.25, 0.3) is 0 Å². The summed E-state index contributed by atoms with van der Waals surface area (Å²) in [5.41, 5.74) is 4.82. The predicted molar refractivity (Wildman–Crippen MR) is 160 cm³/mol. The van der Waals surface area contributed by atoms with Gasteiger partial charge in [0, 0.05) is 30.4 Å². The molecule has 0 saturated heterocycles. The van der Waals surface area contributed by atoms with Gasteiger partial charge in [-0.05, 0) is 71.8 Å². The maximum atomic E-state index is 12.8. The minimum Gasteiger partial charge on any atom is -0.381 e. The van der Waals surface area contributed by atoms with Crippen LogP contribution in [0.3, 0.4) is 0 Å². The lowest BCUT2D eigenvalue weighted by Crippen LogP contribution is -2.20. The van der Waals surface area contributed by atoms with Crippen molar-refractivity contribution in [1.29, 1.82) is 0 Å². The Labute approximate surface area is 251 Å². The number of nitrogens with zero attached hydrogens (tertiary/aromatic N) is 1. The highest BCUT2D eigenvalue weighted by atomic mass is 32.2. The first-order valence-corrected chi connectivity index (χ1v) is 14.5. The van der Waals surface area contributed by atoms with Gasteiger partial charge in [-0.2, -0.15) is 26.7 Å². The lowest BCUT2D eigenvalue weighted by Gasteiger charge is -2.11. The van der Waals surface area contributed by atoms with E-state index in [1.807, 2.05) is 36.4 Å². The van der Waals surface area contributed by atoms with Crippen LogP contribution in [0.5, 0.6) is 5.75 Å². The third-order valence-electron chi connectivity index (χ3n) is 6.04. The molecule has 0 unspecified atom stereocenters. The van der Waals surface area contributed by atoms with Crippen LogP contribution in [0.25, 0.3) is 0 Å². The Bertz CT molecular complexity index is 1760. The quantitative estimate of drug-likeness (QED) is 0.111. The lowest BCUT2D eigenvalue weighted by atomic mass is 10.1. The molecule has 0 atom stereocenters. The lowest BCUT2D eigenvalue weighted by molar-refractivity contribution is -0.137. The monoisotopic (exact) mass is 624 g/mol. The van der Waals surface area contributed by atoms with Gasteiger partial charge in [-0.1, -0.05) is 36.4 Å². The van der Waals surface area contributed by atoms with Gasteiger partial charge in [-0.15, -0.1) is 0 Å². The fraction of sp³-hybridized carbons (Fsp3) is 0.129. The number of hydrogen-bond donors (Lipinski definition) is 3. The van der Waals surface area contributed by atoms with Gasteiger partial charge in [0.15, 0.2) is 5.75 Å². The van der Waals surface area contributed by atoms with Crippen molar-refractivity contribution in [2.75, 3.05) is 10.6 Å². The van der Waals surface area contributed by atoms with Crippen molar-refractivity contribution in [2.24, 2.45) is 5.10 Å². The van der Waals surface area contributed by atoms with Gasteiger partial charge in [-0.25, -0.2) is 5.43 Å². The summed E-state index contributed by atoms with van der Waals surface area (Å²) in [5.74, 6) is -0.705. The van der Waals surface area contributed by atoms with Crippen molar-refractivity contribution in [3.63, 3.8) is 0 Å². The number of anilines is 2. The Balaban J connectivity index is 1.33. The molecule has 4 aromatic carbocycles. The summed E-state index contributed by atoms with van der Waals surface area (Å²) < 4.78 is 68.9. The van der Waals surface area contributed by atoms with Crippen LogP contribution in [0.1, 0.15) is 29.2 Å². The van der Waals surface area contributed by atoms with Gasteiger partial charge in [0.2, 0.25) is 11.8 Å². The molecule has 0 bridgehead atoms. The third-order valence-corrected chi connectivity index (χ3v) is 7.29. The van der Waals surface area contributed by atoms with Crippen LogP contribution in [0.15, 0.2) is 107 Å². The summed E-state index contributed by atoms with van der Waals surface area (Å²) >= 11 is 0. The number of alkyl halides is 3. The molecule has 3 N–H and O–H groups in total. The summed E-state index contributed by atoms with van der Waals surface area (Å²) in [6, 6.07) is 23.5. The molecule has 9 nitrogen and oxygen atoms in total. The first-order valence-electron chi connectivity index (χ1n) is 13.1. The molecule has 228 valence electrons. The van der Waals surface area contributed by atoms with Gasteiger partial charge in [0.1, 0.15) is 4.90 Å². The van der Waals surface area contributed by atoms with E-state index in [9.17, 15) is 31.2 Å². The van der Waals surface area contributed by atoms with Gasteiger partial charge in [0.05, 0.1) is 18.2 Å². The van der Waals surface area contributed by atoms with E-state index in [0.29, 0.717) is 24.4 Å². The van der Waals surface area contributed by atoms with E-state index in [-0.39, 0.29) is 23.6 Å². The fourth-order valence-electron chi connectivity index (χ4n) is 3.94. The summed E-state index contributed by atoms with van der Waals surface area (Å²) in [4.78, 5) is 23.2. The molecule has 4 rings (SSSR count). The van der Waals surface area contributed by atoms with Crippen LogP contribution >= 0.6 is 0 Å². The fourth-order valence-corrected chi connectivity index (χ4v) is 4.90. The van der Waals surface area contributed by atoms with Crippen molar-refractivity contribution in [2.45, 2.75) is 31.0 Å². The Hall–Kier alpha value is -5.17. The third kappa shape index (κ3) is 9.16. The zero-order chi connectivity index (χ0) is 31.7. The van der Waals surface area contributed by atoms with E-state index in [0.717, 1.165) is 28.9 Å². The Morgan fingerprint density at radius 2 is 1.57 bits per heavy atom. The number of rotatable bonds is 11. The molecule has 0 aromatic heterocycles. The standard InChI is InChI=1S/C31H27F3N4O5S/c1-21(39)37-26-13-9-22(10-14-26)19-35-27-7-4-5-23(17-27)18-30(40)38-36-20-24-6-2-3-8-29(24)43-44(41,42)28-15-11-25(12-16-28)31(32,33)34/h2-17,20,35H,18-19H2,1H3,(H,37,39)(H,38,40). The molecule has 0 saturated carbocycles. The molecule has 0 spiro atoms. The van der Waals surface area contributed by atoms with Crippen LogP contribution < -0.4 is 20.2 Å². The second kappa shape index (κ2) is 13.9. The van der Waals surface area contributed by atoms with E-state index in [4.69, 9.17) is 4.18 Å². The van der Waals surface area contributed by atoms with E-state index in [1.54, 1.807) is 18.2 Å². The zero-order valence-electron chi connectivity index (χ0n) is 23.3. The Kier molecular flexibility index (Phi) is 10.0. The van der Waals surface area contributed by atoms with Crippen LogP contribution in [0.4, 0.5) is 24.5 Å².